The monoisotopic (exact) mass is 324 g/mol. The van der Waals surface area contributed by atoms with E-state index in [-0.39, 0.29) is 5.91 Å². The fraction of sp³-hybridized carbons (Fsp3) is 0.0714. The summed E-state index contributed by atoms with van der Waals surface area (Å²) in [5.74, 6) is -0.0814. The van der Waals surface area contributed by atoms with E-state index in [1.165, 1.54) is 0 Å². The molecule has 1 aliphatic rings. The molecule has 0 spiro atoms. The molecule has 102 valence electrons. The van der Waals surface area contributed by atoms with Crippen molar-refractivity contribution in [1.82, 2.24) is 0 Å². The Morgan fingerprint density at radius 2 is 1.70 bits per heavy atom. The van der Waals surface area contributed by atoms with Crippen LogP contribution in [0.4, 0.5) is 11.4 Å². The molecular weight excluding hydrogens is 314 g/mol. The molecule has 20 heavy (non-hydrogen) atoms. The van der Waals surface area contributed by atoms with Crippen LogP contribution < -0.4 is 9.34 Å². The summed E-state index contributed by atoms with van der Waals surface area (Å²) in [5.41, 5.74) is 2.27. The largest absolute Gasteiger partial charge is 0.323 e. The normalized spacial score (nSPS) is 18.1. The highest BCUT2D eigenvalue weighted by Crippen LogP contribution is 2.56. The number of fused-ring (bicyclic) bond motifs is 1. The van der Waals surface area contributed by atoms with Crippen LogP contribution in [0.25, 0.3) is 0 Å². The number of anilines is 2. The quantitative estimate of drug-likeness (QED) is 0.696. The summed E-state index contributed by atoms with van der Waals surface area (Å²) in [6.07, 6.45) is 0. The number of para-hydroxylation sites is 1. The van der Waals surface area contributed by atoms with Crippen LogP contribution >= 0.6 is 30.4 Å². The molecule has 0 bridgehead atoms. The number of carbonyl (C=O) groups excluding carboxylic acids is 1. The Kier molecular flexibility index (Phi) is 3.59. The van der Waals surface area contributed by atoms with Gasteiger partial charge >= 0.3 is 0 Å². The first kappa shape index (κ1) is 13.7. The molecule has 6 heteroatoms. The number of amides is 1. The van der Waals surface area contributed by atoms with Gasteiger partial charge in [-0.25, -0.2) is 0 Å². The number of carbonyl (C=O) groups is 1. The molecule has 1 atom stereocenters. The summed E-state index contributed by atoms with van der Waals surface area (Å²) >= 11 is 12.4. The standard InChI is InChI=1S/C14H11Cl2N2OP/c1-17-13-5-3-2-4-12(13)14(19)18(20(17)16)11-8-6-10(15)7-9-11/h2-9H,1H3. The fourth-order valence-corrected chi connectivity index (χ4v) is 4.18. The summed E-state index contributed by atoms with van der Waals surface area (Å²) in [4.78, 5) is 12.7. The molecule has 0 N–H and O–H groups in total. The van der Waals surface area contributed by atoms with E-state index in [0.29, 0.717) is 10.6 Å². The summed E-state index contributed by atoms with van der Waals surface area (Å²) in [6, 6.07) is 14.6. The van der Waals surface area contributed by atoms with Crippen molar-refractivity contribution in [2.75, 3.05) is 16.4 Å². The van der Waals surface area contributed by atoms with Crippen LogP contribution in [0.3, 0.4) is 0 Å². The minimum absolute atomic E-state index is 0.0814. The summed E-state index contributed by atoms with van der Waals surface area (Å²) in [5, 5.41) is 0.630. The predicted molar refractivity (Wildman–Crippen MR) is 85.9 cm³/mol. The van der Waals surface area contributed by atoms with E-state index in [1.807, 2.05) is 36.0 Å². The van der Waals surface area contributed by atoms with E-state index in [4.69, 9.17) is 22.8 Å². The van der Waals surface area contributed by atoms with Gasteiger partial charge in [0.1, 0.15) is 0 Å². The van der Waals surface area contributed by atoms with Gasteiger partial charge in [0.2, 0.25) is 7.58 Å². The molecule has 0 saturated carbocycles. The van der Waals surface area contributed by atoms with E-state index in [1.54, 1.807) is 28.9 Å². The van der Waals surface area contributed by atoms with Gasteiger partial charge in [-0.2, -0.15) is 0 Å². The van der Waals surface area contributed by atoms with Gasteiger partial charge in [0.05, 0.1) is 16.9 Å². The zero-order valence-electron chi connectivity index (χ0n) is 10.6. The van der Waals surface area contributed by atoms with Crippen LogP contribution in [-0.2, 0) is 0 Å². The third-order valence-electron chi connectivity index (χ3n) is 3.16. The molecule has 2 aromatic rings. The molecule has 0 saturated heterocycles. The average Bonchev–Trinajstić information content (AvgIpc) is 2.47. The third-order valence-corrected chi connectivity index (χ3v) is 6.00. The molecule has 3 nitrogen and oxygen atoms in total. The maximum absolute atomic E-state index is 12.7. The predicted octanol–water partition coefficient (Wildman–Crippen LogP) is 4.90. The Labute approximate surface area is 128 Å². The van der Waals surface area contributed by atoms with Crippen molar-refractivity contribution >= 4 is 47.7 Å². The van der Waals surface area contributed by atoms with Gasteiger partial charge in [-0.05, 0) is 47.6 Å². The van der Waals surface area contributed by atoms with Gasteiger partial charge < -0.3 is 4.67 Å². The van der Waals surface area contributed by atoms with Crippen molar-refractivity contribution < 1.29 is 4.79 Å². The number of benzene rings is 2. The Hall–Kier alpha value is -1.28. The molecule has 1 heterocycles. The van der Waals surface area contributed by atoms with Crippen LogP contribution in [0.2, 0.25) is 5.02 Å². The average molecular weight is 325 g/mol. The highest BCUT2D eigenvalue weighted by molar-refractivity contribution is 7.87. The lowest BCUT2D eigenvalue weighted by molar-refractivity contribution is 0.101. The second kappa shape index (κ2) is 5.25. The summed E-state index contributed by atoms with van der Waals surface area (Å²) in [7, 11) is 0.614. The smallest absolute Gasteiger partial charge is 0.265 e. The zero-order chi connectivity index (χ0) is 14.3. The molecule has 1 amide bonds. The van der Waals surface area contributed by atoms with E-state index in [2.05, 4.69) is 0 Å². The van der Waals surface area contributed by atoms with Crippen LogP contribution in [0, 0.1) is 0 Å². The third kappa shape index (κ3) is 2.16. The van der Waals surface area contributed by atoms with E-state index in [0.717, 1.165) is 11.4 Å². The van der Waals surface area contributed by atoms with Crippen molar-refractivity contribution in [2.24, 2.45) is 0 Å². The van der Waals surface area contributed by atoms with Crippen molar-refractivity contribution in [3.63, 3.8) is 0 Å². The second-order valence-corrected chi connectivity index (χ2v) is 7.20. The maximum atomic E-state index is 12.7. The Morgan fingerprint density at radius 1 is 1.05 bits per heavy atom. The lowest BCUT2D eigenvalue weighted by atomic mass is 10.1. The van der Waals surface area contributed by atoms with E-state index >= 15 is 0 Å². The van der Waals surface area contributed by atoms with E-state index in [9.17, 15) is 4.79 Å². The molecule has 0 fully saturated rings. The van der Waals surface area contributed by atoms with Gasteiger partial charge in [0.25, 0.3) is 5.91 Å². The second-order valence-electron chi connectivity index (χ2n) is 4.37. The Morgan fingerprint density at radius 3 is 2.40 bits per heavy atom. The van der Waals surface area contributed by atoms with Crippen molar-refractivity contribution in [3.05, 3.63) is 59.1 Å². The number of hydrogen-bond donors (Lipinski definition) is 0. The van der Waals surface area contributed by atoms with Gasteiger partial charge in [0, 0.05) is 12.1 Å². The SMILES string of the molecule is CN1c2ccccc2C(=O)N(c2ccc(Cl)cc2)P1Cl. The number of rotatable bonds is 1. The van der Waals surface area contributed by atoms with Gasteiger partial charge in [-0.1, -0.05) is 23.7 Å². The van der Waals surface area contributed by atoms with Crippen LogP contribution in [-0.4, -0.2) is 13.0 Å². The Balaban J connectivity index is 2.09. The van der Waals surface area contributed by atoms with Crippen molar-refractivity contribution in [1.29, 1.82) is 0 Å². The number of hydrogen-bond acceptors (Lipinski definition) is 2. The van der Waals surface area contributed by atoms with Crippen LogP contribution in [0.5, 0.6) is 0 Å². The minimum atomic E-state index is -1.28. The molecule has 2 aromatic carbocycles. The molecule has 0 radical (unpaired) electrons. The molecule has 1 unspecified atom stereocenters. The van der Waals surface area contributed by atoms with Crippen molar-refractivity contribution in [2.45, 2.75) is 0 Å². The number of nitrogens with zero attached hydrogens (tertiary/aromatic N) is 2. The van der Waals surface area contributed by atoms with Crippen LogP contribution in [0.15, 0.2) is 48.5 Å². The fourth-order valence-electron chi connectivity index (χ4n) is 2.14. The zero-order valence-corrected chi connectivity index (χ0v) is 13.0. The summed E-state index contributed by atoms with van der Waals surface area (Å²) in [6.45, 7) is 0. The highest BCUT2D eigenvalue weighted by atomic mass is 35.7. The topological polar surface area (TPSA) is 23.6 Å². The molecule has 0 aromatic heterocycles. The highest BCUT2D eigenvalue weighted by Gasteiger charge is 2.36. The molecular formula is C14H11Cl2N2OP. The van der Waals surface area contributed by atoms with Crippen LogP contribution in [0.1, 0.15) is 10.4 Å². The number of halogens is 2. The molecule has 1 aliphatic heterocycles. The maximum Gasteiger partial charge on any atom is 0.265 e. The summed E-state index contributed by atoms with van der Waals surface area (Å²) < 4.78 is 3.55. The van der Waals surface area contributed by atoms with E-state index < -0.39 is 7.58 Å². The first-order valence-electron chi connectivity index (χ1n) is 5.98. The lowest BCUT2D eigenvalue weighted by Gasteiger charge is -2.39. The lowest BCUT2D eigenvalue weighted by Crippen LogP contribution is -2.35. The first-order valence-corrected chi connectivity index (χ1v) is 8.51. The first-order chi connectivity index (χ1) is 9.59. The molecule has 0 aliphatic carbocycles. The van der Waals surface area contributed by atoms with Crippen molar-refractivity contribution in [3.8, 4) is 0 Å². The molecule has 3 rings (SSSR count). The van der Waals surface area contributed by atoms with Gasteiger partial charge in [-0.15, -0.1) is 0 Å². The van der Waals surface area contributed by atoms with Gasteiger partial charge in [-0.3, -0.25) is 9.46 Å². The van der Waals surface area contributed by atoms with Gasteiger partial charge in [0.15, 0.2) is 0 Å². The minimum Gasteiger partial charge on any atom is -0.323 e. The Bertz CT molecular complexity index is 662.